The van der Waals surface area contributed by atoms with Gasteiger partial charge >= 0.3 is 23.9 Å². The van der Waals surface area contributed by atoms with Crippen LogP contribution >= 0.6 is 0 Å². The van der Waals surface area contributed by atoms with E-state index in [-0.39, 0.29) is 39.3 Å². The summed E-state index contributed by atoms with van der Waals surface area (Å²) in [5, 5.41) is 9.90. The van der Waals surface area contributed by atoms with Crippen LogP contribution in [0.1, 0.15) is 77.3 Å². The van der Waals surface area contributed by atoms with E-state index in [9.17, 15) is 19.2 Å². The van der Waals surface area contributed by atoms with Crippen LogP contribution in [0.15, 0.2) is 36.4 Å². The van der Waals surface area contributed by atoms with E-state index in [1.54, 1.807) is 41.5 Å². The van der Waals surface area contributed by atoms with Crippen LogP contribution in [0.5, 0.6) is 0 Å². The number of carbonyl (C=O) groups excluding carboxylic acids is 4. The van der Waals surface area contributed by atoms with Crippen molar-refractivity contribution in [1.82, 2.24) is 0 Å². The van der Waals surface area contributed by atoms with Crippen molar-refractivity contribution in [2.45, 2.75) is 77.3 Å². The van der Waals surface area contributed by atoms with Gasteiger partial charge in [-0.15, -0.1) is 0 Å². The highest BCUT2D eigenvalue weighted by Crippen LogP contribution is 2.44. The molecule has 4 atom stereocenters. The molecule has 2 heterocycles. The number of carbonyl (C=O) groups is 4. The van der Waals surface area contributed by atoms with Gasteiger partial charge in [-0.2, -0.15) is 0 Å². The van der Waals surface area contributed by atoms with Crippen LogP contribution in [0.2, 0.25) is 0 Å². The number of hydrogen-bond donors (Lipinski definition) is 3. The fraction of sp³-hybridized carbons (Fsp3) is 0.500. The van der Waals surface area contributed by atoms with Gasteiger partial charge in [-0.05, 0) is 102 Å². The number of nitrogens with one attached hydrogen (secondary N) is 3. The first-order valence-corrected chi connectivity index (χ1v) is 14.8. The van der Waals surface area contributed by atoms with Crippen molar-refractivity contribution in [3.8, 4) is 0 Å². The topological polar surface area (TPSA) is 141 Å². The molecule has 0 aromatic heterocycles. The summed E-state index contributed by atoms with van der Waals surface area (Å²) in [6.45, 7) is 11.3. The molecule has 11 heteroatoms. The lowest BCUT2D eigenvalue weighted by molar-refractivity contribution is -0.152. The number of fused-ring (bicyclic) bond motifs is 2. The average Bonchev–Trinajstić information content (AvgIpc) is 2.97. The fourth-order valence-corrected chi connectivity index (χ4v) is 5.74. The Bertz CT molecular complexity index is 1290. The Morgan fingerprint density at radius 1 is 0.674 bits per heavy atom. The third-order valence-corrected chi connectivity index (χ3v) is 7.78. The van der Waals surface area contributed by atoms with E-state index in [0.29, 0.717) is 33.9 Å². The predicted octanol–water partition coefficient (Wildman–Crippen LogP) is 5.00. The van der Waals surface area contributed by atoms with Gasteiger partial charge in [-0.25, -0.2) is 9.59 Å². The van der Waals surface area contributed by atoms with Gasteiger partial charge in [0, 0.05) is 22.7 Å². The maximum atomic E-state index is 13.0. The largest absolute Gasteiger partial charge is 0.466 e. The summed E-state index contributed by atoms with van der Waals surface area (Å²) in [7, 11) is 0. The molecule has 0 saturated heterocycles. The third-order valence-electron chi connectivity index (χ3n) is 7.78. The Labute approximate surface area is 252 Å². The zero-order valence-electron chi connectivity index (χ0n) is 25.6. The van der Waals surface area contributed by atoms with E-state index in [2.05, 4.69) is 16.0 Å². The lowest BCUT2D eigenvalue weighted by atomic mass is 9.79. The van der Waals surface area contributed by atoms with Crippen LogP contribution in [0.25, 0.3) is 0 Å². The van der Waals surface area contributed by atoms with Crippen molar-refractivity contribution >= 4 is 46.6 Å². The third kappa shape index (κ3) is 6.55. The molecule has 0 spiro atoms. The number of hydrogen-bond acceptors (Lipinski definition) is 11. The highest BCUT2D eigenvalue weighted by Gasteiger charge is 2.46. The molecule has 2 aromatic rings. The van der Waals surface area contributed by atoms with Gasteiger partial charge < -0.3 is 34.9 Å². The molecule has 11 nitrogen and oxygen atoms in total. The first-order valence-electron chi connectivity index (χ1n) is 14.8. The second-order valence-electron chi connectivity index (χ2n) is 11.1. The van der Waals surface area contributed by atoms with E-state index in [1.165, 1.54) is 0 Å². The molecule has 4 rings (SSSR count). The van der Waals surface area contributed by atoms with Gasteiger partial charge in [-0.1, -0.05) is 0 Å². The van der Waals surface area contributed by atoms with E-state index in [1.807, 2.05) is 36.4 Å². The summed E-state index contributed by atoms with van der Waals surface area (Å²) < 4.78 is 21.3. The van der Waals surface area contributed by atoms with E-state index in [4.69, 9.17) is 18.9 Å². The van der Waals surface area contributed by atoms with Gasteiger partial charge in [0.1, 0.15) is 11.1 Å². The second-order valence-corrected chi connectivity index (χ2v) is 11.1. The Morgan fingerprint density at radius 3 is 1.40 bits per heavy atom. The Hall–Kier alpha value is -4.28. The molecule has 2 aliphatic heterocycles. The first-order chi connectivity index (χ1) is 20.5. The molecule has 2 aliphatic rings. The number of benzene rings is 2. The fourth-order valence-electron chi connectivity index (χ4n) is 5.74. The van der Waals surface area contributed by atoms with Crippen molar-refractivity contribution in [1.29, 1.82) is 0 Å². The predicted molar refractivity (Wildman–Crippen MR) is 161 cm³/mol. The van der Waals surface area contributed by atoms with Crippen LogP contribution in [-0.2, 0) is 38.1 Å². The second kappa shape index (κ2) is 12.9. The highest BCUT2D eigenvalue weighted by molar-refractivity contribution is 5.92. The molecule has 0 amide bonds. The molecular formula is C32H41N3O8. The number of esters is 4. The van der Waals surface area contributed by atoms with Gasteiger partial charge in [0.15, 0.2) is 0 Å². The van der Waals surface area contributed by atoms with E-state index in [0.717, 1.165) is 0 Å². The summed E-state index contributed by atoms with van der Waals surface area (Å²) in [5.41, 5.74) is 1.87. The quantitative estimate of drug-likeness (QED) is 0.252. The van der Waals surface area contributed by atoms with Crippen molar-refractivity contribution in [2.75, 3.05) is 42.4 Å². The summed E-state index contributed by atoms with van der Waals surface area (Å²) in [5.74, 6) is -3.08. The molecule has 43 heavy (non-hydrogen) atoms. The molecular weight excluding hydrogens is 554 g/mol. The van der Waals surface area contributed by atoms with Crippen molar-refractivity contribution in [2.24, 2.45) is 0 Å². The van der Waals surface area contributed by atoms with Crippen LogP contribution in [0.4, 0.5) is 22.7 Å². The maximum Gasteiger partial charge on any atom is 0.331 e. The Kier molecular flexibility index (Phi) is 9.52. The Balaban J connectivity index is 1.67. The zero-order chi connectivity index (χ0) is 31.4. The minimum Gasteiger partial charge on any atom is -0.466 e. The minimum absolute atomic E-state index is 0.173. The lowest BCUT2D eigenvalue weighted by Crippen LogP contribution is -2.49. The van der Waals surface area contributed by atoms with Gasteiger partial charge in [-0.3, -0.25) is 9.59 Å². The average molecular weight is 596 g/mol. The van der Waals surface area contributed by atoms with Gasteiger partial charge in [0.05, 0.1) is 38.3 Å². The molecule has 0 bridgehead atoms. The first kappa shape index (κ1) is 31.7. The maximum absolute atomic E-state index is 13.0. The molecule has 2 aromatic carbocycles. The molecule has 0 fully saturated rings. The number of rotatable bonds is 10. The summed E-state index contributed by atoms with van der Waals surface area (Å²) in [6.07, 6.45) is 0.345. The van der Waals surface area contributed by atoms with Crippen LogP contribution in [0.3, 0.4) is 0 Å². The van der Waals surface area contributed by atoms with Crippen LogP contribution in [-0.4, -0.2) is 61.4 Å². The summed E-state index contributed by atoms with van der Waals surface area (Å²) in [4.78, 5) is 51.7. The molecule has 0 aliphatic carbocycles. The molecule has 0 radical (unpaired) electrons. The lowest BCUT2D eigenvalue weighted by Gasteiger charge is -2.38. The van der Waals surface area contributed by atoms with E-state index >= 15 is 0 Å². The van der Waals surface area contributed by atoms with Gasteiger partial charge in [0.25, 0.3) is 0 Å². The Morgan fingerprint density at radius 2 is 1.05 bits per heavy atom. The standard InChI is InChI=1S/C32H41N3O8/c1-7-40-27(36)23-17-31(5,29(38)42-9-3)34-25-13-11-19(15-21(23)25)33-20-12-14-26-22(16-20)24(28(37)41-8-2)18-32(6,35-26)30(39)43-10-4/h11-16,23-24,33-35H,7-10,17-18H2,1-6H3. The smallest absolute Gasteiger partial charge is 0.331 e. The number of ether oxygens (including phenoxy) is 4. The van der Waals surface area contributed by atoms with Crippen molar-refractivity contribution in [3.63, 3.8) is 0 Å². The van der Waals surface area contributed by atoms with Crippen LogP contribution in [0, 0.1) is 0 Å². The molecule has 0 saturated carbocycles. The van der Waals surface area contributed by atoms with Crippen molar-refractivity contribution in [3.05, 3.63) is 47.5 Å². The minimum atomic E-state index is -1.10. The molecule has 4 unspecified atom stereocenters. The number of anilines is 4. The van der Waals surface area contributed by atoms with E-state index < -0.39 is 46.8 Å². The van der Waals surface area contributed by atoms with Crippen LogP contribution < -0.4 is 16.0 Å². The highest BCUT2D eigenvalue weighted by atomic mass is 16.5. The monoisotopic (exact) mass is 595 g/mol. The van der Waals surface area contributed by atoms with Gasteiger partial charge in [0.2, 0.25) is 0 Å². The summed E-state index contributed by atoms with van der Waals surface area (Å²) >= 11 is 0. The zero-order valence-corrected chi connectivity index (χ0v) is 25.6. The van der Waals surface area contributed by atoms with Crippen molar-refractivity contribution < 1.29 is 38.1 Å². The normalized spacial score (nSPS) is 23.8. The summed E-state index contributed by atoms with van der Waals surface area (Å²) in [6, 6.07) is 11.0. The SMILES string of the molecule is CCOC(=O)C1CC(C)(C(=O)OCC)Nc2ccc(Nc3ccc4c(c3)C(C(=O)OCC)CC(C)(C(=O)OCC)N4)cc21. The molecule has 3 N–H and O–H groups in total. The molecule has 232 valence electrons.